The molecular weight excluding hydrogens is 212 g/mol. The van der Waals surface area contributed by atoms with Crippen LogP contribution < -0.4 is 5.32 Å². The van der Waals surface area contributed by atoms with Crippen molar-refractivity contribution in [3.63, 3.8) is 0 Å². The first-order valence-electron chi connectivity index (χ1n) is 6.88. The van der Waals surface area contributed by atoms with Gasteiger partial charge in [0.1, 0.15) is 0 Å². The summed E-state index contributed by atoms with van der Waals surface area (Å²) >= 11 is 0. The van der Waals surface area contributed by atoms with E-state index in [1.165, 1.54) is 38.5 Å². The van der Waals surface area contributed by atoms with E-state index in [1.807, 2.05) is 13.2 Å². The molecule has 0 spiro atoms. The molecule has 1 heterocycles. The summed E-state index contributed by atoms with van der Waals surface area (Å²) in [5.74, 6) is 0.866. The van der Waals surface area contributed by atoms with E-state index >= 15 is 0 Å². The lowest BCUT2D eigenvalue weighted by atomic mass is 9.83. The van der Waals surface area contributed by atoms with Gasteiger partial charge in [-0.1, -0.05) is 31.4 Å². The van der Waals surface area contributed by atoms with Crippen LogP contribution in [0.2, 0.25) is 0 Å². The van der Waals surface area contributed by atoms with Crippen LogP contribution in [0.3, 0.4) is 0 Å². The molecular formula is C13H24N4. The highest BCUT2D eigenvalue weighted by atomic mass is 15.4. The van der Waals surface area contributed by atoms with E-state index in [4.69, 9.17) is 0 Å². The van der Waals surface area contributed by atoms with E-state index in [2.05, 4.69) is 22.6 Å². The highest BCUT2D eigenvalue weighted by molar-refractivity contribution is 4.92. The van der Waals surface area contributed by atoms with Crippen LogP contribution in [-0.2, 0) is 13.6 Å². The lowest BCUT2D eigenvalue weighted by Gasteiger charge is -2.30. The first-order chi connectivity index (χ1) is 8.29. The molecule has 1 aromatic heterocycles. The minimum atomic E-state index is 0.650. The molecule has 0 bridgehead atoms. The Kier molecular flexibility index (Phi) is 4.54. The highest BCUT2D eigenvalue weighted by Crippen LogP contribution is 2.27. The van der Waals surface area contributed by atoms with Crippen molar-refractivity contribution in [1.82, 2.24) is 20.3 Å². The summed E-state index contributed by atoms with van der Waals surface area (Å²) in [4.78, 5) is 0. The fourth-order valence-corrected chi connectivity index (χ4v) is 2.89. The molecule has 1 aliphatic rings. The van der Waals surface area contributed by atoms with Gasteiger partial charge in [0.15, 0.2) is 0 Å². The third kappa shape index (κ3) is 3.53. The Morgan fingerprint density at radius 1 is 1.41 bits per heavy atom. The topological polar surface area (TPSA) is 42.7 Å². The van der Waals surface area contributed by atoms with E-state index < -0.39 is 0 Å². The number of aromatic nitrogens is 3. The van der Waals surface area contributed by atoms with Gasteiger partial charge in [-0.2, -0.15) is 0 Å². The molecule has 0 aromatic carbocycles. The van der Waals surface area contributed by atoms with Crippen molar-refractivity contribution in [2.75, 3.05) is 0 Å². The van der Waals surface area contributed by atoms with Crippen molar-refractivity contribution >= 4 is 0 Å². The van der Waals surface area contributed by atoms with Crippen LogP contribution in [-0.4, -0.2) is 21.0 Å². The van der Waals surface area contributed by atoms with Crippen LogP contribution in [0.15, 0.2) is 6.20 Å². The first kappa shape index (κ1) is 12.6. The van der Waals surface area contributed by atoms with E-state index in [0.717, 1.165) is 18.2 Å². The largest absolute Gasteiger partial charge is 0.308 e. The quantitative estimate of drug-likeness (QED) is 0.852. The van der Waals surface area contributed by atoms with E-state index in [0.29, 0.717) is 6.04 Å². The average Bonchev–Trinajstić information content (AvgIpc) is 2.77. The molecule has 0 saturated heterocycles. The molecule has 1 atom stereocenters. The zero-order valence-electron chi connectivity index (χ0n) is 11.0. The number of hydrogen-bond donors (Lipinski definition) is 1. The molecule has 0 amide bonds. The van der Waals surface area contributed by atoms with Crippen LogP contribution in [0.25, 0.3) is 0 Å². The predicted octanol–water partition coefficient (Wildman–Crippen LogP) is 2.26. The molecule has 1 fully saturated rings. The standard InChI is InChI=1S/C13H24N4/c1-3-13(11-7-5-4-6-8-11)14-9-12-10-17(2)16-15-12/h10-11,13-14H,3-9H2,1-2H3. The third-order valence-corrected chi connectivity index (χ3v) is 3.85. The van der Waals surface area contributed by atoms with Gasteiger partial charge < -0.3 is 5.32 Å². The zero-order chi connectivity index (χ0) is 12.1. The van der Waals surface area contributed by atoms with Crippen LogP contribution in [0.1, 0.15) is 51.1 Å². The summed E-state index contributed by atoms with van der Waals surface area (Å²) in [6, 6.07) is 0.650. The van der Waals surface area contributed by atoms with Crippen LogP contribution in [0.5, 0.6) is 0 Å². The molecule has 1 saturated carbocycles. The second kappa shape index (κ2) is 6.15. The minimum absolute atomic E-state index is 0.650. The van der Waals surface area contributed by atoms with Gasteiger partial charge in [0.05, 0.1) is 5.69 Å². The Balaban J connectivity index is 1.82. The minimum Gasteiger partial charge on any atom is -0.308 e. The second-order valence-corrected chi connectivity index (χ2v) is 5.18. The molecule has 1 aliphatic carbocycles. The lowest BCUT2D eigenvalue weighted by Crippen LogP contribution is -2.36. The molecule has 0 aliphatic heterocycles. The molecule has 17 heavy (non-hydrogen) atoms. The van der Waals surface area contributed by atoms with Crippen molar-refractivity contribution in [3.05, 3.63) is 11.9 Å². The molecule has 1 unspecified atom stereocenters. The van der Waals surface area contributed by atoms with Crippen molar-refractivity contribution in [2.24, 2.45) is 13.0 Å². The Hall–Kier alpha value is -0.900. The Bertz CT molecular complexity index is 328. The number of nitrogens with zero attached hydrogens (tertiary/aromatic N) is 3. The Morgan fingerprint density at radius 2 is 2.18 bits per heavy atom. The predicted molar refractivity (Wildman–Crippen MR) is 68.5 cm³/mol. The summed E-state index contributed by atoms with van der Waals surface area (Å²) in [6.45, 7) is 3.13. The molecule has 2 rings (SSSR count). The van der Waals surface area contributed by atoms with Gasteiger partial charge in [-0.25, -0.2) is 0 Å². The SMILES string of the molecule is CCC(NCc1cn(C)nn1)C1CCCCC1. The van der Waals surface area contributed by atoms with Gasteiger partial charge >= 0.3 is 0 Å². The van der Waals surface area contributed by atoms with Gasteiger partial charge in [0, 0.05) is 25.8 Å². The first-order valence-corrected chi connectivity index (χ1v) is 6.88. The molecule has 1 N–H and O–H groups in total. The zero-order valence-corrected chi connectivity index (χ0v) is 11.0. The van der Waals surface area contributed by atoms with Crippen molar-refractivity contribution in [1.29, 1.82) is 0 Å². The maximum Gasteiger partial charge on any atom is 0.0964 e. The van der Waals surface area contributed by atoms with Gasteiger partial charge in [0.2, 0.25) is 0 Å². The Morgan fingerprint density at radius 3 is 2.76 bits per heavy atom. The average molecular weight is 236 g/mol. The van der Waals surface area contributed by atoms with Gasteiger partial charge in [-0.3, -0.25) is 4.68 Å². The number of hydrogen-bond acceptors (Lipinski definition) is 3. The molecule has 96 valence electrons. The monoisotopic (exact) mass is 236 g/mol. The maximum atomic E-state index is 4.12. The van der Waals surface area contributed by atoms with Crippen LogP contribution >= 0.6 is 0 Å². The third-order valence-electron chi connectivity index (χ3n) is 3.85. The maximum absolute atomic E-state index is 4.12. The van der Waals surface area contributed by atoms with E-state index in [-0.39, 0.29) is 0 Å². The highest BCUT2D eigenvalue weighted by Gasteiger charge is 2.21. The van der Waals surface area contributed by atoms with Crippen molar-refractivity contribution in [3.8, 4) is 0 Å². The van der Waals surface area contributed by atoms with Crippen LogP contribution in [0.4, 0.5) is 0 Å². The summed E-state index contributed by atoms with van der Waals surface area (Å²) in [5.41, 5.74) is 1.04. The molecule has 0 radical (unpaired) electrons. The number of aryl methyl sites for hydroxylation is 1. The fourth-order valence-electron chi connectivity index (χ4n) is 2.89. The lowest BCUT2D eigenvalue weighted by molar-refractivity contribution is 0.261. The van der Waals surface area contributed by atoms with Gasteiger partial charge in [0.25, 0.3) is 0 Å². The number of rotatable bonds is 5. The summed E-state index contributed by atoms with van der Waals surface area (Å²) in [5, 5.41) is 11.7. The van der Waals surface area contributed by atoms with Crippen molar-refractivity contribution < 1.29 is 0 Å². The summed E-state index contributed by atoms with van der Waals surface area (Å²) in [7, 11) is 1.91. The fraction of sp³-hybridized carbons (Fsp3) is 0.846. The second-order valence-electron chi connectivity index (χ2n) is 5.18. The van der Waals surface area contributed by atoms with Gasteiger partial charge in [-0.05, 0) is 25.2 Å². The van der Waals surface area contributed by atoms with E-state index in [9.17, 15) is 0 Å². The summed E-state index contributed by atoms with van der Waals surface area (Å²) < 4.78 is 1.76. The summed E-state index contributed by atoms with van der Waals surface area (Å²) in [6.07, 6.45) is 10.2. The van der Waals surface area contributed by atoms with Gasteiger partial charge in [-0.15, -0.1) is 5.10 Å². The Labute approximate surface area is 104 Å². The number of nitrogens with one attached hydrogen (secondary N) is 1. The van der Waals surface area contributed by atoms with E-state index in [1.54, 1.807) is 4.68 Å². The van der Waals surface area contributed by atoms with Crippen LogP contribution in [0, 0.1) is 5.92 Å². The molecule has 4 nitrogen and oxygen atoms in total. The molecule has 4 heteroatoms. The smallest absolute Gasteiger partial charge is 0.0964 e. The normalized spacial score (nSPS) is 19.4. The van der Waals surface area contributed by atoms with Crippen molar-refractivity contribution in [2.45, 2.75) is 58.0 Å². The molecule has 1 aromatic rings.